The number of ether oxygens (including phenoxy) is 3. The van der Waals surface area contributed by atoms with Gasteiger partial charge in [-0.05, 0) is 17.7 Å². The van der Waals surface area contributed by atoms with Crippen molar-refractivity contribution in [1.29, 1.82) is 0 Å². The smallest absolute Gasteiger partial charge is 0.409 e. The first-order chi connectivity index (χ1) is 21.2. The maximum atomic E-state index is 14.7. The fraction of sp³-hybridized carbons (Fsp3) is 0.310. The molecule has 0 fully saturated rings. The van der Waals surface area contributed by atoms with Gasteiger partial charge < -0.3 is 23.7 Å². The van der Waals surface area contributed by atoms with Gasteiger partial charge in [-0.1, -0.05) is 30.3 Å². The lowest BCUT2D eigenvalue weighted by Gasteiger charge is -2.30. The van der Waals surface area contributed by atoms with Gasteiger partial charge in [0.1, 0.15) is 18.1 Å². The highest BCUT2D eigenvalue weighted by Gasteiger charge is 2.38. The Labute approximate surface area is 248 Å². The summed E-state index contributed by atoms with van der Waals surface area (Å²) in [5, 5.41) is 8.22. The summed E-state index contributed by atoms with van der Waals surface area (Å²) in [6, 6.07) is 12.5. The number of aryl methyl sites for hydroxylation is 1. The van der Waals surface area contributed by atoms with Crippen molar-refractivity contribution in [2.75, 3.05) is 20.8 Å². The summed E-state index contributed by atoms with van der Waals surface area (Å²) >= 11 is 0. The molecule has 2 aromatic heterocycles. The molecular weight excluding hydrogens is 586 g/mol. The van der Waals surface area contributed by atoms with Crippen LogP contribution in [-0.4, -0.2) is 73.5 Å². The number of hydrogen-bond donors (Lipinski definition) is 0. The molecule has 44 heavy (non-hydrogen) atoms. The number of aromatic nitrogens is 6. The van der Waals surface area contributed by atoms with Crippen LogP contribution in [-0.2, 0) is 24.9 Å². The molecule has 0 spiro atoms. The maximum absolute atomic E-state index is 14.7. The van der Waals surface area contributed by atoms with Crippen LogP contribution in [0, 0.1) is 0 Å². The Morgan fingerprint density at radius 3 is 2.57 bits per heavy atom. The fourth-order valence-electron chi connectivity index (χ4n) is 5.39. The number of carbonyl (C=O) groups excluding carboxylic acids is 1. The number of pyridine rings is 1. The second-order valence-corrected chi connectivity index (χ2v) is 10.2. The van der Waals surface area contributed by atoms with Crippen molar-refractivity contribution in [3.8, 4) is 45.5 Å². The number of carbonyl (C=O) groups is 1. The molecular formula is C29H27F4N7O4. The molecule has 3 aromatic rings. The number of rotatable bonds is 8. The van der Waals surface area contributed by atoms with Gasteiger partial charge in [0, 0.05) is 44.2 Å². The normalized spacial score (nSPS) is 14.6. The standard InChI is InChI=1S/C29H27F4N7O4/c1-37-14-19(26(36-37)44-28(32)33)20-18-10-7-11-39(12-16-8-5-4-6-9-16)25(18)34-22(20)21-23(24(30)31)35-40-13-17(15-43-27(21)40)38(2)29(41)42-3/h4-11,14,17,24,28H,12-13,15H2,1-3H3/t17-/m0/s1. The first-order valence-electron chi connectivity index (χ1n) is 13.5. The number of fused-ring (bicyclic) bond motifs is 2. The summed E-state index contributed by atoms with van der Waals surface area (Å²) in [4.78, 5) is 18.2. The first-order valence-corrected chi connectivity index (χ1v) is 13.5. The van der Waals surface area contributed by atoms with E-state index in [0.717, 1.165) is 5.56 Å². The molecule has 11 nitrogen and oxygen atoms in total. The molecule has 6 rings (SSSR count). The maximum Gasteiger partial charge on any atom is 0.409 e. The molecule has 1 aromatic carbocycles. The van der Waals surface area contributed by atoms with Crippen LogP contribution >= 0.6 is 0 Å². The van der Waals surface area contributed by atoms with E-state index in [1.165, 1.54) is 41.7 Å². The number of benzene rings is 1. The quantitative estimate of drug-likeness (QED) is 0.219. The Hall–Kier alpha value is -5.08. The Bertz CT molecular complexity index is 1770. The van der Waals surface area contributed by atoms with Crippen molar-refractivity contribution < 1.29 is 36.6 Å². The number of hydrogen-bond acceptors (Lipinski definition) is 7. The minimum atomic E-state index is -3.18. The molecule has 0 aliphatic carbocycles. The van der Waals surface area contributed by atoms with Gasteiger partial charge >= 0.3 is 12.7 Å². The lowest BCUT2D eigenvalue weighted by Crippen LogP contribution is -2.46. The fourth-order valence-corrected chi connectivity index (χ4v) is 5.39. The van der Waals surface area contributed by atoms with Gasteiger partial charge in [-0.25, -0.2) is 23.2 Å². The van der Waals surface area contributed by atoms with Crippen LogP contribution in [0.1, 0.15) is 17.7 Å². The average Bonchev–Trinajstić information content (AvgIpc) is 3.68. The van der Waals surface area contributed by atoms with Gasteiger partial charge in [0.05, 0.1) is 36.5 Å². The van der Waals surface area contributed by atoms with Crippen molar-refractivity contribution in [2.45, 2.75) is 32.2 Å². The average molecular weight is 614 g/mol. The Kier molecular flexibility index (Phi) is 7.61. The van der Waals surface area contributed by atoms with Crippen LogP contribution in [0.4, 0.5) is 22.4 Å². The molecule has 230 valence electrons. The highest BCUT2D eigenvalue weighted by molar-refractivity contribution is 5.97. The minimum absolute atomic E-state index is 0.00806. The lowest BCUT2D eigenvalue weighted by molar-refractivity contribution is -0.0527. The zero-order valence-corrected chi connectivity index (χ0v) is 23.8. The van der Waals surface area contributed by atoms with Crippen LogP contribution in [0.15, 0.2) is 54.9 Å². The number of methoxy groups -OCH3 is 1. The van der Waals surface area contributed by atoms with Crippen molar-refractivity contribution in [3.63, 3.8) is 0 Å². The summed E-state index contributed by atoms with van der Waals surface area (Å²) in [5.74, 6) is 0.0259. The van der Waals surface area contributed by atoms with Crippen molar-refractivity contribution in [2.24, 2.45) is 7.05 Å². The minimum Gasteiger partial charge on any atom is -0.475 e. The molecule has 15 heteroatoms. The van der Waals surface area contributed by atoms with E-state index >= 15 is 0 Å². The van der Waals surface area contributed by atoms with E-state index < -0.39 is 36.7 Å². The molecule has 0 radical (unpaired) electrons. The molecule has 3 aliphatic heterocycles. The van der Waals surface area contributed by atoms with E-state index in [-0.39, 0.29) is 41.4 Å². The zero-order chi connectivity index (χ0) is 31.1. The van der Waals surface area contributed by atoms with Crippen molar-refractivity contribution >= 4 is 6.09 Å². The SMILES string of the molecule is COC(=O)N(C)[C@@H]1COc2c(-c3nc4n(Cc5ccccc5)cccc-4c3-c3cn(C)nc3OC(F)F)c(C(F)F)nn2C1. The van der Waals surface area contributed by atoms with E-state index in [1.54, 1.807) is 18.3 Å². The molecule has 0 bridgehead atoms. The van der Waals surface area contributed by atoms with Gasteiger partial charge in [-0.2, -0.15) is 13.9 Å². The number of halogens is 4. The third-order valence-electron chi connectivity index (χ3n) is 7.41. The number of likely N-dealkylation sites (N-methyl/N-ethyl adjacent to an activating group) is 1. The van der Waals surface area contributed by atoms with Gasteiger partial charge in [-0.3, -0.25) is 4.68 Å². The van der Waals surface area contributed by atoms with E-state index in [4.69, 9.17) is 19.2 Å². The number of alkyl halides is 4. The molecule has 5 heterocycles. The van der Waals surface area contributed by atoms with Gasteiger partial charge in [0.25, 0.3) is 6.43 Å². The van der Waals surface area contributed by atoms with E-state index in [1.807, 2.05) is 34.9 Å². The molecule has 0 unspecified atom stereocenters. The predicted octanol–water partition coefficient (Wildman–Crippen LogP) is 5.30. The molecule has 3 aliphatic rings. The van der Waals surface area contributed by atoms with Crippen molar-refractivity contribution in [3.05, 3.63) is 66.1 Å². The second-order valence-electron chi connectivity index (χ2n) is 10.2. The monoisotopic (exact) mass is 613 g/mol. The number of nitrogens with zero attached hydrogens (tertiary/aromatic N) is 7. The third kappa shape index (κ3) is 5.18. The summed E-state index contributed by atoms with van der Waals surface area (Å²) in [5.41, 5.74) is 1.16. The summed E-state index contributed by atoms with van der Waals surface area (Å²) in [7, 11) is 4.27. The summed E-state index contributed by atoms with van der Waals surface area (Å²) in [6.45, 7) is -2.79. The summed E-state index contributed by atoms with van der Waals surface area (Å²) in [6.07, 6.45) is -0.410. The van der Waals surface area contributed by atoms with Crippen LogP contribution < -0.4 is 9.47 Å². The predicted molar refractivity (Wildman–Crippen MR) is 149 cm³/mol. The largest absolute Gasteiger partial charge is 0.475 e. The highest BCUT2D eigenvalue weighted by atomic mass is 19.3. The van der Waals surface area contributed by atoms with Gasteiger partial charge in [0.15, 0.2) is 0 Å². The van der Waals surface area contributed by atoms with E-state index in [0.29, 0.717) is 17.9 Å². The Morgan fingerprint density at radius 1 is 1.09 bits per heavy atom. The van der Waals surface area contributed by atoms with E-state index in [9.17, 15) is 22.4 Å². The molecule has 0 N–H and O–H groups in total. The molecule has 0 saturated heterocycles. The van der Waals surface area contributed by atoms with E-state index in [2.05, 4.69) is 10.2 Å². The van der Waals surface area contributed by atoms with Crippen molar-refractivity contribution in [1.82, 2.24) is 34.0 Å². The van der Waals surface area contributed by atoms with Crippen LogP contribution in [0.3, 0.4) is 0 Å². The lowest BCUT2D eigenvalue weighted by atomic mass is 9.98. The molecule has 1 atom stereocenters. The topological polar surface area (TPSA) is 101 Å². The second kappa shape index (κ2) is 11.5. The van der Waals surface area contributed by atoms with Crippen LogP contribution in [0.25, 0.3) is 33.8 Å². The number of amides is 1. The first kappa shape index (κ1) is 29.0. The molecule has 1 amide bonds. The van der Waals surface area contributed by atoms with Crippen LogP contribution in [0.2, 0.25) is 0 Å². The summed E-state index contributed by atoms with van der Waals surface area (Å²) < 4.78 is 76.1. The molecule has 0 saturated carbocycles. The van der Waals surface area contributed by atoms with Gasteiger partial charge in [0.2, 0.25) is 11.8 Å². The highest BCUT2D eigenvalue weighted by Crippen LogP contribution is 2.50. The zero-order valence-electron chi connectivity index (χ0n) is 23.8. The Balaban J connectivity index is 1.57. The third-order valence-corrected chi connectivity index (χ3v) is 7.41. The van der Waals surface area contributed by atoms with Crippen LogP contribution in [0.5, 0.6) is 11.8 Å². The Morgan fingerprint density at radius 2 is 1.86 bits per heavy atom. The van der Waals surface area contributed by atoms with Gasteiger partial charge in [-0.15, -0.1) is 5.10 Å².